The summed E-state index contributed by atoms with van der Waals surface area (Å²) in [6.45, 7) is 7.61. The number of benzene rings is 3. The SMILES string of the molecule is CCCCCCCCO[C@H]1O[C@H](COCc2ccccc2)[C@@H](O[C@H]2O[C@H](COCc3ccccc3)[C@@H](O[C@H]3O[C@H](COCc4ccccc4)[C@@H](OC(C)=O)[C@H](OC)[C@@H]3OC(C)=O)[C@H](OC)[C@@H]2OC(C)=O)[C@H](OC)[C@@H]1OC(C)=O. The lowest BCUT2D eigenvalue weighted by atomic mass is 9.95. The molecule has 0 radical (unpaired) electrons. The van der Waals surface area contributed by atoms with Crippen LogP contribution in [0.4, 0.5) is 0 Å². The number of hydrogen-bond acceptors (Lipinski definition) is 20. The monoisotopic (exact) mass is 1100 g/mol. The lowest BCUT2D eigenvalue weighted by Crippen LogP contribution is -2.68. The van der Waals surface area contributed by atoms with Crippen LogP contribution in [0, 0.1) is 0 Å². The van der Waals surface area contributed by atoms with Gasteiger partial charge in [0.15, 0.2) is 43.3 Å². The molecule has 0 bridgehead atoms. The van der Waals surface area contributed by atoms with Gasteiger partial charge in [-0.25, -0.2) is 0 Å². The third-order valence-corrected chi connectivity index (χ3v) is 13.3. The summed E-state index contributed by atoms with van der Waals surface area (Å²) in [6, 6.07) is 28.5. The molecule has 0 amide bonds. The Kier molecular flexibility index (Phi) is 26.3. The Morgan fingerprint density at radius 1 is 0.397 bits per heavy atom. The van der Waals surface area contributed by atoms with Gasteiger partial charge in [-0.3, -0.25) is 19.2 Å². The fourth-order valence-electron chi connectivity index (χ4n) is 9.80. The van der Waals surface area contributed by atoms with Crippen molar-refractivity contribution in [3.05, 3.63) is 108 Å². The zero-order valence-electron chi connectivity index (χ0n) is 46.2. The van der Waals surface area contributed by atoms with Crippen LogP contribution >= 0.6 is 0 Å². The van der Waals surface area contributed by atoms with Crippen LogP contribution in [0.15, 0.2) is 91.0 Å². The number of unbranched alkanes of at least 4 members (excludes halogenated alkanes) is 5. The van der Waals surface area contributed by atoms with E-state index in [1.807, 2.05) is 91.0 Å². The predicted octanol–water partition coefficient (Wildman–Crippen LogP) is 6.73. The van der Waals surface area contributed by atoms with E-state index in [2.05, 4.69) is 6.92 Å². The topological polar surface area (TPSA) is 216 Å². The summed E-state index contributed by atoms with van der Waals surface area (Å²) in [5.41, 5.74) is 2.64. The molecule has 15 atom stereocenters. The quantitative estimate of drug-likeness (QED) is 0.0371. The van der Waals surface area contributed by atoms with Gasteiger partial charge < -0.3 is 75.8 Å². The van der Waals surface area contributed by atoms with Crippen LogP contribution in [-0.2, 0) is 115 Å². The standard InChI is InChI=1S/C58H80O20/c1-9-10-11-12-13-23-30-69-56-53(71-38(3)60)51(64-7)48(45(74-56)35-67-32-42-26-19-15-20-27-42)77-58-55(73-40(5)62)52(65-8)49(46(76-58)36-68-33-43-28-21-16-22-29-43)78-57-54(72-39(4)61)50(63-6)47(70-37(2)59)44(75-57)34-66-31-41-24-17-14-18-25-41/h14-22,24-29,44-58H,9-13,23,30-36H2,1-8H3/t44-,45-,46-,47-,48-,49-,50+,51+,52+,53+,54+,55+,56+,57-,58-/m1/s1. The maximum Gasteiger partial charge on any atom is 0.303 e. The van der Waals surface area contributed by atoms with Crippen molar-refractivity contribution >= 4 is 23.9 Å². The molecule has 0 spiro atoms. The molecule has 3 aromatic carbocycles. The zero-order chi connectivity index (χ0) is 55.8. The molecular weight excluding hydrogens is 1020 g/mol. The summed E-state index contributed by atoms with van der Waals surface area (Å²) in [5.74, 6) is -2.71. The van der Waals surface area contributed by atoms with Crippen LogP contribution in [0.25, 0.3) is 0 Å². The molecule has 3 aliphatic heterocycles. The summed E-state index contributed by atoms with van der Waals surface area (Å²) in [7, 11) is 4.22. The maximum atomic E-state index is 13.3. The van der Waals surface area contributed by atoms with Crippen LogP contribution < -0.4 is 0 Å². The molecule has 20 nitrogen and oxygen atoms in total. The largest absolute Gasteiger partial charge is 0.457 e. The van der Waals surface area contributed by atoms with E-state index in [9.17, 15) is 19.2 Å². The van der Waals surface area contributed by atoms with E-state index in [1.54, 1.807) is 0 Å². The van der Waals surface area contributed by atoms with E-state index in [4.69, 9.17) is 75.8 Å². The molecule has 6 rings (SSSR count). The smallest absolute Gasteiger partial charge is 0.303 e. The minimum absolute atomic E-state index is 0.0567. The van der Waals surface area contributed by atoms with Crippen LogP contribution in [0.2, 0.25) is 0 Å². The average molecular weight is 1100 g/mol. The molecule has 3 aliphatic rings. The van der Waals surface area contributed by atoms with Crippen molar-refractivity contribution in [1.82, 2.24) is 0 Å². The average Bonchev–Trinajstić information content (AvgIpc) is 3.53. The number of rotatable bonds is 31. The van der Waals surface area contributed by atoms with Crippen molar-refractivity contribution in [3.63, 3.8) is 0 Å². The van der Waals surface area contributed by atoms with Gasteiger partial charge in [-0.05, 0) is 23.1 Å². The van der Waals surface area contributed by atoms with E-state index in [-0.39, 0.29) is 39.6 Å². The van der Waals surface area contributed by atoms with Gasteiger partial charge in [0.1, 0.15) is 48.8 Å². The molecule has 0 N–H and O–H groups in total. The highest BCUT2D eigenvalue weighted by molar-refractivity contribution is 5.67. The summed E-state index contributed by atoms with van der Waals surface area (Å²) < 4.78 is 101. The van der Waals surface area contributed by atoms with E-state index in [0.29, 0.717) is 6.61 Å². The first-order chi connectivity index (χ1) is 37.8. The molecular formula is C58H80O20. The number of hydrogen-bond donors (Lipinski definition) is 0. The lowest BCUT2D eigenvalue weighted by molar-refractivity contribution is -0.384. The first-order valence-electron chi connectivity index (χ1n) is 26.8. The highest BCUT2D eigenvalue weighted by atomic mass is 16.8. The zero-order valence-corrected chi connectivity index (χ0v) is 46.2. The Morgan fingerprint density at radius 3 is 1.09 bits per heavy atom. The third-order valence-electron chi connectivity index (χ3n) is 13.3. The molecule has 20 heteroatoms. The maximum absolute atomic E-state index is 13.3. The highest BCUT2D eigenvalue weighted by Gasteiger charge is 2.58. The molecule has 3 aromatic rings. The van der Waals surface area contributed by atoms with Crippen LogP contribution in [0.1, 0.15) is 89.8 Å². The van der Waals surface area contributed by atoms with Gasteiger partial charge in [-0.2, -0.15) is 0 Å². The van der Waals surface area contributed by atoms with E-state index in [0.717, 1.165) is 55.2 Å². The molecule has 432 valence electrons. The minimum Gasteiger partial charge on any atom is -0.457 e. The van der Waals surface area contributed by atoms with Crippen molar-refractivity contribution in [2.24, 2.45) is 0 Å². The van der Waals surface area contributed by atoms with E-state index < -0.39 is 116 Å². The van der Waals surface area contributed by atoms with Crippen LogP contribution in [0.3, 0.4) is 0 Å². The molecule has 3 heterocycles. The van der Waals surface area contributed by atoms with Gasteiger partial charge >= 0.3 is 23.9 Å². The lowest BCUT2D eigenvalue weighted by Gasteiger charge is -2.50. The van der Waals surface area contributed by atoms with Gasteiger partial charge in [0.2, 0.25) is 0 Å². The molecule has 0 aromatic heterocycles. The molecule has 0 unspecified atom stereocenters. The normalized spacial score (nSPS) is 29.1. The molecule has 78 heavy (non-hydrogen) atoms. The molecule has 0 aliphatic carbocycles. The van der Waals surface area contributed by atoms with Gasteiger partial charge in [-0.1, -0.05) is 130 Å². The van der Waals surface area contributed by atoms with E-state index >= 15 is 0 Å². The summed E-state index contributed by atoms with van der Waals surface area (Å²) in [5, 5.41) is 0. The molecule has 3 fully saturated rings. The van der Waals surface area contributed by atoms with Crippen molar-refractivity contribution < 1.29 is 95.0 Å². The second kappa shape index (κ2) is 33.0. The van der Waals surface area contributed by atoms with Crippen molar-refractivity contribution in [1.29, 1.82) is 0 Å². The predicted molar refractivity (Wildman–Crippen MR) is 278 cm³/mol. The summed E-state index contributed by atoms with van der Waals surface area (Å²) >= 11 is 0. The first kappa shape index (κ1) is 62.3. The highest BCUT2D eigenvalue weighted by Crippen LogP contribution is 2.38. The second-order valence-corrected chi connectivity index (χ2v) is 19.4. The number of esters is 4. The van der Waals surface area contributed by atoms with Crippen LogP contribution in [-0.4, -0.2) is 164 Å². The Hall–Kier alpha value is -4.94. The van der Waals surface area contributed by atoms with Gasteiger partial charge in [0.05, 0.1) is 39.6 Å². The molecule has 0 saturated carbocycles. The fraction of sp³-hybridized carbons (Fsp3) is 0.621. The molecule has 3 saturated heterocycles. The Labute approximate surface area is 458 Å². The third kappa shape index (κ3) is 18.8. The van der Waals surface area contributed by atoms with Gasteiger partial charge in [0, 0.05) is 55.6 Å². The number of methoxy groups -OCH3 is 3. The van der Waals surface area contributed by atoms with Crippen molar-refractivity contribution in [2.75, 3.05) is 47.8 Å². The minimum atomic E-state index is -1.48. The van der Waals surface area contributed by atoms with E-state index in [1.165, 1.54) is 49.0 Å². The summed E-state index contributed by atoms with van der Waals surface area (Å²) in [4.78, 5) is 51.7. The first-order valence-corrected chi connectivity index (χ1v) is 26.8. The second-order valence-electron chi connectivity index (χ2n) is 19.4. The Morgan fingerprint density at radius 2 is 0.718 bits per heavy atom. The number of carbonyl (C=O) groups is 4. The van der Waals surface area contributed by atoms with Crippen molar-refractivity contribution in [2.45, 2.75) is 185 Å². The fourth-order valence-corrected chi connectivity index (χ4v) is 9.80. The number of ether oxygens (including phenoxy) is 16. The Bertz CT molecular complexity index is 2200. The number of carbonyl (C=O) groups excluding carboxylic acids is 4. The van der Waals surface area contributed by atoms with Gasteiger partial charge in [0.25, 0.3) is 0 Å². The van der Waals surface area contributed by atoms with Crippen molar-refractivity contribution in [3.8, 4) is 0 Å². The summed E-state index contributed by atoms with van der Waals surface area (Å²) in [6.07, 6.45) is -12.0. The van der Waals surface area contributed by atoms with Crippen LogP contribution in [0.5, 0.6) is 0 Å². The Balaban J connectivity index is 1.36. The van der Waals surface area contributed by atoms with Gasteiger partial charge in [-0.15, -0.1) is 0 Å².